The lowest BCUT2D eigenvalue weighted by atomic mass is 9.80. The molecule has 0 bridgehead atoms. The Bertz CT molecular complexity index is 972. The van der Waals surface area contributed by atoms with E-state index in [-0.39, 0.29) is 35.5 Å². The van der Waals surface area contributed by atoms with Crippen molar-refractivity contribution in [3.05, 3.63) is 24.3 Å². The van der Waals surface area contributed by atoms with Gasteiger partial charge < -0.3 is 14.4 Å². The molecule has 0 N–H and O–H groups in total. The van der Waals surface area contributed by atoms with Crippen LogP contribution in [0.2, 0.25) is 0 Å². The number of carbonyl (C=O) groups excluding carboxylic acids is 2. The van der Waals surface area contributed by atoms with Crippen molar-refractivity contribution in [2.75, 3.05) is 20.1 Å². The maximum Gasteiger partial charge on any atom is 0.312 e. The molecule has 0 amide bonds. The van der Waals surface area contributed by atoms with E-state index in [0.717, 1.165) is 70.9 Å². The van der Waals surface area contributed by atoms with Crippen LogP contribution >= 0.6 is 0 Å². The Balaban J connectivity index is 1.63. The predicted octanol–water partition coefficient (Wildman–Crippen LogP) is 15.6. The van der Waals surface area contributed by atoms with Crippen molar-refractivity contribution in [2.24, 2.45) is 11.3 Å². The minimum absolute atomic E-state index is 0.0322. The maximum absolute atomic E-state index is 13.3. The smallest absolute Gasteiger partial charge is 0.312 e. The molecule has 0 spiro atoms. The standard InChI is InChI=1S/C52H95NO4/c1-5-7-9-11-13-15-17-19-21-23-25-27-29-31-33-35-37-48(38-36-34-32-30-28-26-24-22-20-18-16-14-12-10-8-6-2)56-50(54)46-47-39-40-49(45-47)57-51(55)52(3)41-43-53(4)44-42-52/h19-22,47-49H,5-18,23-46H2,1-4H3/b21-19-,22-20-. The van der Waals surface area contributed by atoms with Gasteiger partial charge in [0, 0.05) is 6.42 Å². The number of allylic oxidation sites excluding steroid dienone is 4. The molecule has 2 rings (SSSR count). The van der Waals surface area contributed by atoms with Crippen molar-refractivity contribution in [1.29, 1.82) is 0 Å². The Labute approximate surface area is 354 Å². The molecular weight excluding hydrogens is 703 g/mol. The molecule has 2 unspecified atom stereocenters. The summed E-state index contributed by atoms with van der Waals surface area (Å²) in [6, 6.07) is 0. The SMILES string of the molecule is CCCCCCCC/C=C\CCCCCCCCC(CCCCCCCC/C=C\CCCCCCCC)OC(=O)CC1CCC(OC(=O)C2(C)CCN(C)CC2)C1. The molecule has 57 heavy (non-hydrogen) atoms. The van der Waals surface area contributed by atoms with Crippen molar-refractivity contribution in [3.8, 4) is 0 Å². The van der Waals surface area contributed by atoms with E-state index >= 15 is 0 Å². The lowest BCUT2D eigenvalue weighted by molar-refractivity contribution is -0.163. The van der Waals surface area contributed by atoms with Gasteiger partial charge in [0.2, 0.25) is 0 Å². The summed E-state index contributed by atoms with van der Waals surface area (Å²) in [6.07, 6.45) is 53.2. The number of ether oxygens (including phenoxy) is 2. The number of nitrogens with zero attached hydrogens (tertiary/aromatic N) is 1. The molecule has 2 aliphatic rings. The molecule has 2 atom stereocenters. The zero-order valence-electron chi connectivity index (χ0n) is 38.5. The molecule has 5 nitrogen and oxygen atoms in total. The minimum Gasteiger partial charge on any atom is -0.462 e. The lowest BCUT2D eigenvalue weighted by Gasteiger charge is -2.36. The van der Waals surface area contributed by atoms with Crippen molar-refractivity contribution in [1.82, 2.24) is 4.90 Å². The van der Waals surface area contributed by atoms with E-state index in [1.165, 1.54) is 167 Å². The first-order valence-electron chi connectivity index (χ1n) is 25.2. The third kappa shape index (κ3) is 27.7. The summed E-state index contributed by atoms with van der Waals surface area (Å²) in [7, 11) is 2.12. The number of rotatable bonds is 37. The van der Waals surface area contributed by atoms with Crippen LogP contribution in [0.3, 0.4) is 0 Å². The van der Waals surface area contributed by atoms with E-state index in [9.17, 15) is 9.59 Å². The van der Waals surface area contributed by atoms with Gasteiger partial charge in [-0.05, 0) is 142 Å². The molecule has 1 heterocycles. The molecule has 2 fully saturated rings. The second-order valence-corrected chi connectivity index (χ2v) is 18.8. The highest BCUT2D eigenvalue weighted by Gasteiger charge is 2.40. The van der Waals surface area contributed by atoms with Crippen LogP contribution in [0, 0.1) is 11.3 Å². The quantitative estimate of drug-likeness (QED) is 0.0356. The summed E-state index contributed by atoms with van der Waals surface area (Å²) in [4.78, 5) is 28.6. The first-order valence-corrected chi connectivity index (χ1v) is 25.2. The molecular formula is C52H95NO4. The first kappa shape index (κ1) is 51.5. The molecule has 332 valence electrons. The fraction of sp³-hybridized carbons (Fsp3) is 0.885. The Kier molecular flexibility index (Phi) is 31.8. The Morgan fingerprint density at radius 1 is 0.596 bits per heavy atom. The number of hydrogen-bond acceptors (Lipinski definition) is 5. The zero-order chi connectivity index (χ0) is 41.1. The Hall–Kier alpha value is -1.62. The molecule has 5 heteroatoms. The zero-order valence-corrected chi connectivity index (χ0v) is 38.5. The molecule has 1 saturated heterocycles. The monoisotopic (exact) mass is 798 g/mol. The van der Waals surface area contributed by atoms with Crippen LogP contribution in [-0.4, -0.2) is 49.2 Å². The number of likely N-dealkylation sites (tertiary alicyclic amines) is 1. The van der Waals surface area contributed by atoms with Gasteiger partial charge in [-0.3, -0.25) is 9.59 Å². The summed E-state index contributed by atoms with van der Waals surface area (Å²) in [5, 5.41) is 0. The van der Waals surface area contributed by atoms with E-state index in [2.05, 4.69) is 57.0 Å². The van der Waals surface area contributed by atoms with E-state index in [1.807, 2.05) is 0 Å². The number of piperidine rings is 1. The third-order valence-corrected chi connectivity index (χ3v) is 13.2. The highest BCUT2D eigenvalue weighted by Crippen LogP contribution is 2.36. The third-order valence-electron chi connectivity index (χ3n) is 13.2. The van der Waals surface area contributed by atoms with Gasteiger partial charge >= 0.3 is 11.9 Å². The summed E-state index contributed by atoms with van der Waals surface area (Å²) >= 11 is 0. The largest absolute Gasteiger partial charge is 0.462 e. The van der Waals surface area contributed by atoms with Gasteiger partial charge in [0.25, 0.3) is 0 Å². The Morgan fingerprint density at radius 3 is 1.44 bits per heavy atom. The summed E-state index contributed by atoms with van der Waals surface area (Å²) < 4.78 is 12.3. The van der Waals surface area contributed by atoms with Crippen LogP contribution in [0.5, 0.6) is 0 Å². The van der Waals surface area contributed by atoms with E-state index in [1.54, 1.807) is 0 Å². The highest BCUT2D eigenvalue weighted by atomic mass is 16.5. The van der Waals surface area contributed by atoms with Crippen LogP contribution < -0.4 is 0 Å². The maximum atomic E-state index is 13.3. The molecule has 0 aromatic rings. The summed E-state index contributed by atoms with van der Waals surface area (Å²) in [5.74, 6) is 0.195. The van der Waals surface area contributed by atoms with Crippen molar-refractivity contribution < 1.29 is 19.1 Å². The van der Waals surface area contributed by atoms with Crippen LogP contribution in [0.25, 0.3) is 0 Å². The topological polar surface area (TPSA) is 55.8 Å². The molecule has 0 aromatic heterocycles. The molecule has 0 radical (unpaired) electrons. The van der Waals surface area contributed by atoms with Gasteiger partial charge in [-0.25, -0.2) is 0 Å². The molecule has 1 saturated carbocycles. The van der Waals surface area contributed by atoms with Crippen LogP contribution in [-0.2, 0) is 19.1 Å². The van der Waals surface area contributed by atoms with Gasteiger partial charge in [0.15, 0.2) is 0 Å². The fourth-order valence-electron chi connectivity index (χ4n) is 8.90. The second-order valence-electron chi connectivity index (χ2n) is 18.8. The minimum atomic E-state index is -0.370. The number of carbonyl (C=O) groups is 2. The molecule has 1 aliphatic heterocycles. The van der Waals surface area contributed by atoms with Gasteiger partial charge in [-0.1, -0.05) is 154 Å². The predicted molar refractivity (Wildman–Crippen MR) is 245 cm³/mol. The second kappa shape index (κ2) is 35.2. The number of unbranched alkanes of at least 4 members (excludes halogenated alkanes) is 24. The number of esters is 2. The van der Waals surface area contributed by atoms with Crippen LogP contribution in [0.1, 0.15) is 252 Å². The summed E-state index contributed by atoms with van der Waals surface area (Å²) in [6.45, 7) is 8.53. The van der Waals surface area contributed by atoms with Gasteiger partial charge in [0.05, 0.1) is 5.41 Å². The Morgan fingerprint density at radius 2 is 1.00 bits per heavy atom. The van der Waals surface area contributed by atoms with Gasteiger partial charge in [0.1, 0.15) is 12.2 Å². The lowest BCUT2D eigenvalue weighted by Crippen LogP contribution is -2.42. The normalized spacial score (nSPS) is 18.7. The first-order chi connectivity index (χ1) is 27.9. The average molecular weight is 798 g/mol. The van der Waals surface area contributed by atoms with Gasteiger partial charge in [-0.15, -0.1) is 0 Å². The van der Waals surface area contributed by atoms with Crippen LogP contribution in [0.15, 0.2) is 24.3 Å². The van der Waals surface area contributed by atoms with E-state index in [4.69, 9.17) is 9.47 Å². The van der Waals surface area contributed by atoms with Crippen molar-refractivity contribution in [2.45, 2.75) is 264 Å². The van der Waals surface area contributed by atoms with Crippen molar-refractivity contribution >= 4 is 11.9 Å². The summed E-state index contributed by atoms with van der Waals surface area (Å²) in [5.41, 5.74) is -0.370. The van der Waals surface area contributed by atoms with E-state index in [0.29, 0.717) is 6.42 Å². The fourth-order valence-corrected chi connectivity index (χ4v) is 8.90. The van der Waals surface area contributed by atoms with Gasteiger partial charge in [-0.2, -0.15) is 0 Å². The highest BCUT2D eigenvalue weighted by molar-refractivity contribution is 5.76. The molecule has 0 aromatic carbocycles. The van der Waals surface area contributed by atoms with Crippen LogP contribution in [0.4, 0.5) is 0 Å². The average Bonchev–Trinajstić information content (AvgIpc) is 3.64. The molecule has 1 aliphatic carbocycles. The number of hydrogen-bond donors (Lipinski definition) is 0. The van der Waals surface area contributed by atoms with Crippen molar-refractivity contribution in [3.63, 3.8) is 0 Å². The van der Waals surface area contributed by atoms with E-state index < -0.39 is 0 Å².